The molecule has 0 saturated carbocycles. The molecule has 1 aromatic carbocycles. The minimum Gasteiger partial charge on any atom is -0.345 e. The quantitative estimate of drug-likeness (QED) is 0.429. The summed E-state index contributed by atoms with van der Waals surface area (Å²) in [5, 5.41) is 3.44. The fraction of sp³-hybridized carbons (Fsp3) is 0.348. The van der Waals surface area contributed by atoms with E-state index in [0.717, 1.165) is 41.2 Å². The zero-order chi connectivity index (χ0) is 22.0. The Labute approximate surface area is 192 Å². The molecule has 4 rings (SSSR count). The van der Waals surface area contributed by atoms with Crippen molar-refractivity contribution in [1.29, 1.82) is 0 Å². The second kappa shape index (κ2) is 9.28. The van der Waals surface area contributed by atoms with Gasteiger partial charge in [0.15, 0.2) is 0 Å². The van der Waals surface area contributed by atoms with Gasteiger partial charge in [-0.2, -0.15) is 0 Å². The maximum Gasteiger partial charge on any atom is 0.242 e. The van der Waals surface area contributed by atoms with Gasteiger partial charge in [-0.3, -0.25) is 0 Å². The standard InChI is InChI=1S/C23H26ClN3O2S2/c1-16-22(31(28,29)25-13-12-17-6-4-3-5-7-17)14-21(27(16)2)23-26-20(15-30-23)18-8-10-19(24)11-9-18/h6,8-11,14-15,25H,3-5,7,12-13H2,1-2H3. The summed E-state index contributed by atoms with van der Waals surface area (Å²) >= 11 is 7.47. The monoisotopic (exact) mass is 475 g/mol. The van der Waals surface area contributed by atoms with Crippen molar-refractivity contribution in [2.24, 2.45) is 7.05 Å². The molecule has 2 aromatic heterocycles. The molecule has 164 valence electrons. The van der Waals surface area contributed by atoms with Crippen LogP contribution in [0.25, 0.3) is 22.0 Å². The second-order valence-corrected chi connectivity index (χ2v) is 10.9. The Morgan fingerprint density at radius 1 is 1.23 bits per heavy atom. The highest BCUT2D eigenvalue weighted by Gasteiger charge is 2.23. The van der Waals surface area contributed by atoms with Crippen LogP contribution in [0, 0.1) is 6.92 Å². The topological polar surface area (TPSA) is 64.0 Å². The summed E-state index contributed by atoms with van der Waals surface area (Å²) in [5.41, 5.74) is 4.67. The van der Waals surface area contributed by atoms with E-state index in [1.165, 1.54) is 29.8 Å². The molecule has 0 saturated heterocycles. The van der Waals surface area contributed by atoms with Gasteiger partial charge in [0.1, 0.15) is 9.90 Å². The first-order chi connectivity index (χ1) is 14.8. The zero-order valence-electron chi connectivity index (χ0n) is 17.7. The number of nitrogens with zero attached hydrogens (tertiary/aromatic N) is 2. The third-order valence-electron chi connectivity index (χ3n) is 5.76. The number of rotatable bonds is 7. The molecular weight excluding hydrogens is 450 g/mol. The number of allylic oxidation sites excluding steroid dienone is 1. The van der Waals surface area contributed by atoms with Crippen LogP contribution in [0.3, 0.4) is 0 Å². The predicted molar refractivity (Wildman–Crippen MR) is 128 cm³/mol. The van der Waals surface area contributed by atoms with Gasteiger partial charge in [-0.25, -0.2) is 18.1 Å². The lowest BCUT2D eigenvalue weighted by atomic mass is 9.97. The Morgan fingerprint density at radius 2 is 2.00 bits per heavy atom. The van der Waals surface area contributed by atoms with E-state index < -0.39 is 10.0 Å². The molecule has 1 aliphatic carbocycles. The van der Waals surface area contributed by atoms with Gasteiger partial charge in [-0.05, 0) is 57.2 Å². The van der Waals surface area contributed by atoms with Crippen molar-refractivity contribution in [2.75, 3.05) is 6.54 Å². The molecule has 0 unspecified atom stereocenters. The van der Waals surface area contributed by atoms with E-state index in [-0.39, 0.29) is 0 Å². The third kappa shape index (κ3) is 4.95. The summed E-state index contributed by atoms with van der Waals surface area (Å²) in [7, 11) is -1.71. The van der Waals surface area contributed by atoms with E-state index in [9.17, 15) is 8.42 Å². The van der Waals surface area contributed by atoms with Crippen molar-refractivity contribution in [3.63, 3.8) is 0 Å². The SMILES string of the molecule is Cc1c(S(=O)(=O)NCCC2=CCCCC2)cc(-c2nc(-c3ccc(Cl)cc3)cs2)n1C. The van der Waals surface area contributed by atoms with Crippen LogP contribution < -0.4 is 4.72 Å². The summed E-state index contributed by atoms with van der Waals surface area (Å²) in [6, 6.07) is 9.25. The minimum absolute atomic E-state index is 0.311. The van der Waals surface area contributed by atoms with Crippen LogP contribution >= 0.6 is 22.9 Å². The number of thiazole rings is 1. The van der Waals surface area contributed by atoms with Crippen LogP contribution in [-0.4, -0.2) is 24.5 Å². The number of hydrogen-bond donors (Lipinski definition) is 1. The molecule has 0 amide bonds. The average molecular weight is 476 g/mol. The molecule has 2 heterocycles. The lowest BCUT2D eigenvalue weighted by molar-refractivity contribution is 0.578. The fourth-order valence-electron chi connectivity index (χ4n) is 3.85. The highest BCUT2D eigenvalue weighted by molar-refractivity contribution is 7.89. The zero-order valence-corrected chi connectivity index (χ0v) is 20.1. The molecule has 0 radical (unpaired) electrons. The Balaban J connectivity index is 1.54. The number of benzene rings is 1. The van der Waals surface area contributed by atoms with Gasteiger partial charge in [0.25, 0.3) is 0 Å². The van der Waals surface area contributed by atoms with Gasteiger partial charge < -0.3 is 4.57 Å². The van der Waals surface area contributed by atoms with Gasteiger partial charge in [-0.15, -0.1) is 11.3 Å². The van der Waals surface area contributed by atoms with Crippen LogP contribution in [0.15, 0.2) is 52.3 Å². The largest absolute Gasteiger partial charge is 0.345 e. The Morgan fingerprint density at radius 3 is 2.71 bits per heavy atom. The summed E-state index contributed by atoms with van der Waals surface area (Å²) in [4.78, 5) is 5.04. The molecule has 3 aromatic rings. The van der Waals surface area contributed by atoms with Gasteiger partial charge in [0.05, 0.1) is 11.4 Å². The first-order valence-electron chi connectivity index (χ1n) is 10.4. The van der Waals surface area contributed by atoms with E-state index >= 15 is 0 Å². The van der Waals surface area contributed by atoms with E-state index in [2.05, 4.69) is 10.8 Å². The van der Waals surface area contributed by atoms with Crippen LogP contribution in [0.2, 0.25) is 5.02 Å². The molecular formula is C23H26ClN3O2S2. The van der Waals surface area contributed by atoms with Crippen molar-refractivity contribution >= 4 is 33.0 Å². The number of halogens is 1. The molecule has 0 fully saturated rings. The highest BCUT2D eigenvalue weighted by Crippen LogP contribution is 2.33. The van der Waals surface area contributed by atoms with Crippen molar-refractivity contribution < 1.29 is 8.42 Å². The van der Waals surface area contributed by atoms with Crippen molar-refractivity contribution in [3.8, 4) is 22.0 Å². The number of nitrogens with one attached hydrogen (secondary N) is 1. The minimum atomic E-state index is -3.59. The van der Waals surface area contributed by atoms with E-state index in [1.54, 1.807) is 6.07 Å². The predicted octanol–water partition coefficient (Wildman–Crippen LogP) is 5.95. The maximum atomic E-state index is 13.0. The van der Waals surface area contributed by atoms with Crippen LogP contribution in [0.1, 0.15) is 37.8 Å². The molecule has 1 aliphatic rings. The van der Waals surface area contributed by atoms with Gasteiger partial charge in [0.2, 0.25) is 10.0 Å². The van der Waals surface area contributed by atoms with Crippen LogP contribution in [0.5, 0.6) is 0 Å². The molecule has 0 bridgehead atoms. The molecule has 8 heteroatoms. The molecule has 0 aliphatic heterocycles. The van der Waals surface area contributed by atoms with Crippen molar-refractivity contribution in [3.05, 3.63) is 58.1 Å². The average Bonchev–Trinajstić information content (AvgIpc) is 3.35. The Kier molecular flexibility index (Phi) is 6.67. The number of hydrogen-bond acceptors (Lipinski definition) is 4. The van der Waals surface area contributed by atoms with Crippen LogP contribution in [-0.2, 0) is 17.1 Å². The summed E-state index contributed by atoms with van der Waals surface area (Å²) in [5.74, 6) is 0. The Bertz CT molecular complexity index is 1210. The number of aromatic nitrogens is 2. The molecule has 5 nitrogen and oxygen atoms in total. The van der Waals surface area contributed by atoms with Gasteiger partial charge >= 0.3 is 0 Å². The van der Waals surface area contributed by atoms with E-state index in [1.807, 2.05) is 48.2 Å². The van der Waals surface area contributed by atoms with E-state index in [4.69, 9.17) is 16.6 Å². The second-order valence-electron chi connectivity index (χ2n) is 7.84. The molecule has 31 heavy (non-hydrogen) atoms. The first-order valence-corrected chi connectivity index (χ1v) is 13.1. The van der Waals surface area contributed by atoms with Crippen molar-refractivity contribution in [1.82, 2.24) is 14.3 Å². The first kappa shape index (κ1) is 22.3. The van der Waals surface area contributed by atoms with Crippen molar-refractivity contribution in [2.45, 2.75) is 43.9 Å². The summed E-state index contributed by atoms with van der Waals surface area (Å²) in [6.07, 6.45) is 7.65. The van der Waals surface area contributed by atoms with Gasteiger partial charge in [-0.1, -0.05) is 35.4 Å². The van der Waals surface area contributed by atoms with Crippen LogP contribution in [0.4, 0.5) is 0 Å². The lowest BCUT2D eigenvalue weighted by Gasteiger charge is -2.13. The van der Waals surface area contributed by atoms with E-state index in [0.29, 0.717) is 22.2 Å². The molecule has 0 spiro atoms. The molecule has 0 atom stereocenters. The molecule has 1 N–H and O–H groups in total. The summed E-state index contributed by atoms with van der Waals surface area (Å²) in [6.45, 7) is 2.26. The smallest absolute Gasteiger partial charge is 0.242 e. The number of sulfonamides is 1. The highest BCUT2D eigenvalue weighted by atomic mass is 35.5. The Hall–Kier alpha value is -1.93. The fourth-order valence-corrected chi connectivity index (χ4v) is 6.17. The third-order valence-corrected chi connectivity index (χ3v) is 8.46. The lowest BCUT2D eigenvalue weighted by Crippen LogP contribution is -2.25. The maximum absolute atomic E-state index is 13.0. The normalized spacial score (nSPS) is 14.6. The summed E-state index contributed by atoms with van der Waals surface area (Å²) < 4.78 is 30.6. The van der Waals surface area contributed by atoms with Gasteiger partial charge in [0, 0.05) is 35.3 Å².